The molecule has 0 aromatic rings. The van der Waals surface area contributed by atoms with Crippen molar-refractivity contribution in [2.24, 2.45) is 0 Å². The summed E-state index contributed by atoms with van der Waals surface area (Å²) < 4.78 is 12.0. The van der Waals surface area contributed by atoms with Gasteiger partial charge >= 0.3 is 0 Å². The first kappa shape index (κ1) is 9.97. The summed E-state index contributed by atoms with van der Waals surface area (Å²) in [5, 5.41) is 0. The fraction of sp³-hybridized carbons (Fsp3) is 1.00. The molecule has 0 aliphatic carbocycles. The van der Waals surface area contributed by atoms with Crippen LogP contribution >= 0.6 is 0 Å². The van der Waals surface area contributed by atoms with Gasteiger partial charge in [0.05, 0.1) is 6.67 Å². The fourth-order valence-corrected chi connectivity index (χ4v) is 1.93. The van der Waals surface area contributed by atoms with Gasteiger partial charge in [-0.15, -0.1) is 0 Å². The van der Waals surface area contributed by atoms with E-state index in [4.69, 9.17) is 0 Å². The van der Waals surface area contributed by atoms with E-state index in [-0.39, 0.29) is 6.67 Å². The summed E-state index contributed by atoms with van der Waals surface area (Å²) in [7, 11) is 0. The van der Waals surface area contributed by atoms with Crippen molar-refractivity contribution < 1.29 is 4.39 Å². The molecule has 1 nitrogen and oxygen atoms in total. The third-order valence-corrected chi connectivity index (χ3v) is 2.77. The summed E-state index contributed by atoms with van der Waals surface area (Å²) in [6.45, 7) is 4.24. The highest BCUT2D eigenvalue weighted by Gasteiger charge is 2.15. The zero-order valence-electron chi connectivity index (χ0n) is 8.06. The Morgan fingerprint density at radius 3 is 2.92 bits per heavy atom. The molecule has 2 heteroatoms. The predicted octanol–water partition coefficient (Wildman–Crippen LogP) is 2.61. The Kier molecular flexibility index (Phi) is 4.59. The minimum atomic E-state index is -0.163. The molecule has 72 valence electrons. The maximum atomic E-state index is 12.0. The molecule has 1 heterocycles. The highest BCUT2D eigenvalue weighted by Crippen LogP contribution is 2.16. The molecule has 0 aromatic heterocycles. The molecule has 12 heavy (non-hydrogen) atoms. The molecule has 0 aromatic carbocycles. The topological polar surface area (TPSA) is 3.24 Å². The summed E-state index contributed by atoms with van der Waals surface area (Å²) in [5.41, 5.74) is 0. The molecule has 1 rings (SSSR count). The van der Waals surface area contributed by atoms with Gasteiger partial charge < -0.3 is 4.90 Å². The minimum absolute atomic E-state index is 0.163. The lowest BCUT2D eigenvalue weighted by molar-refractivity contribution is 0.204. The SMILES string of the molecule is CC1CCCCCN1CCCF. The van der Waals surface area contributed by atoms with E-state index in [0.29, 0.717) is 12.5 Å². The van der Waals surface area contributed by atoms with Gasteiger partial charge in [-0.2, -0.15) is 0 Å². The van der Waals surface area contributed by atoms with E-state index in [1.807, 2.05) is 0 Å². The number of likely N-dealkylation sites (tertiary alicyclic amines) is 1. The van der Waals surface area contributed by atoms with Crippen LogP contribution in [0, 0.1) is 0 Å². The average molecular weight is 173 g/mol. The second-order valence-electron chi connectivity index (χ2n) is 3.78. The Hall–Kier alpha value is -0.110. The van der Waals surface area contributed by atoms with Crippen LogP contribution in [0.2, 0.25) is 0 Å². The van der Waals surface area contributed by atoms with Gasteiger partial charge in [-0.05, 0) is 32.7 Å². The largest absolute Gasteiger partial charge is 0.301 e. The van der Waals surface area contributed by atoms with Crippen molar-refractivity contribution in [1.29, 1.82) is 0 Å². The van der Waals surface area contributed by atoms with E-state index in [9.17, 15) is 4.39 Å². The van der Waals surface area contributed by atoms with Gasteiger partial charge in [0.15, 0.2) is 0 Å². The van der Waals surface area contributed by atoms with Crippen molar-refractivity contribution in [3.63, 3.8) is 0 Å². The Balaban J connectivity index is 2.26. The highest BCUT2D eigenvalue weighted by atomic mass is 19.1. The molecule has 1 atom stereocenters. The molecule has 0 radical (unpaired) electrons. The zero-order chi connectivity index (χ0) is 8.81. The average Bonchev–Trinajstić information content (AvgIpc) is 2.27. The number of hydrogen-bond acceptors (Lipinski definition) is 1. The van der Waals surface area contributed by atoms with Gasteiger partial charge in [-0.1, -0.05) is 12.8 Å². The van der Waals surface area contributed by atoms with Crippen molar-refractivity contribution in [3.8, 4) is 0 Å². The lowest BCUT2D eigenvalue weighted by Gasteiger charge is -2.26. The van der Waals surface area contributed by atoms with Crippen molar-refractivity contribution in [2.75, 3.05) is 19.8 Å². The van der Waals surface area contributed by atoms with Crippen LogP contribution in [0.25, 0.3) is 0 Å². The van der Waals surface area contributed by atoms with Crippen molar-refractivity contribution >= 4 is 0 Å². The molecule has 1 aliphatic heterocycles. The zero-order valence-corrected chi connectivity index (χ0v) is 8.06. The molecule has 0 saturated carbocycles. The van der Waals surface area contributed by atoms with Crippen LogP contribution in [-0.2, 0) is 0 Å². The normalized spacial score (nSPS) is 27.0. The number of alkyl halides is 1. The molecule has 0 spiro atoms. The first-order valence-electron chi connectivity index (χ1n) is 5.14. The van der Waals surface area contributed by atoms with Crippen molar-refractivity contribution in [1.82, 2.24) is 4.90 Å². The van der Waals surface area contributed by atoms with E-state index in [1.54, 1.807) is 0 Å². The van der Waals surface area contributed by atoms with Gasteiger partial charge in [-0.25, -0.2) is 0 Å². The molecule has 0 amide bonds. The Morgan fingerprint density at radius 1 is 1.33 bits per heavy atom. The Morgan fingerprint density at radius 2 is 2.17 bits per heavy atom. The Bertz CT molecular complexity index is 116. The van der Waals surface area contributed by atoms with E-state index in [1.165, 1.54) is 32.2 Å². The standard InChI is InChI=1S/C10H20FN/c1-10-6-3-2-4-8-12(10)9-5-7-11/h10H,2-9H2,1H3. The number of nitrogens with zero attached hydrogens (tertiary/aromatic N) is 1. The Labute approximate surface area is 74.9 Å². The molecule has 0 N–H and O–H groups in total. The van der Waals surface area contributed by atoms with E-state index in [2.05, 4.69) is 11.8 Å². The van der Waals surface area contributed by atoms with Crippen LogP contribution in [0.15, 0.2) is 0 Å². The lowest BCUT2D eigenvalue weighted by Crippen LogP contribution is -2.33. The molecular formula is C10H20FN. The smallest absolute Gasteiger partial charge is 0.0906 e. The maximum Gasteiger partial charge on any atom is 0.0906 e. The van der Waals surface area contributed by atoms with Gasteiger partial charge in [0.2, 0.25) is 0 Å². The van der Waals surface area contributed by atoms with Gasteiger partial charge in [0.1, 0.15) is 0 Å². The third-order valence-electron chi connectivity index (χ3n) is 2.77. The van der Waals surface area contributed by atoms with Gasteiger partial charge in [0, 0.05) is 12.6 Å². The predicted molar refractivity (Wildman–Crippen MR) is 50.1 cm³/mol. The van der Waals surface area contributed by atoms with Crippen LogP contribution < -0.4 is 0 Å². The summed E-state index contributed by atoms with van der Waals surface area (Å²) in [4.78, 5) is 2.44. The summed E-state index contributed by atoms with van der Waals surface area (Å²) in [6.07, 6.45) is 6.02. The first-order valence-corrected chi connectivity index (χ1v) is 5.14. The van der Waals surface area contributed by atoms with Crippen LogP contribution in [0.3, 0.4) is 0 Å². The van der Waals surface area contributed by atoms with Crippen molar-refractivity contribution in [3.05, 3.63) is 0 Å². The summed E-state index contributed by atoms with van der Waals surface area (Å²) in [6, 6.07) is 0.680. The number of rotatable bonds is 3. The van der Waals surface area contributed by atoms with Crippen LogP contribution in [0.5, 0.6) is 0 Å². The van der Waals surface area contributed by atoms with E-state index >= 15 is 0 Å². The molecule has 1 saturated heterocycles. The van der Waals surface area contributed by atoms with Crippen LogP contribution in [-0.4, -0.2) is 30.7 Å². The third kappa shape index (κ3) is 3.10. The maximum absolute atomic E-state index is 12.0. The molecule has 1 aliphatic rings. The molecule has 1 fully saturated rings. The molecule has 0 bridgehead atoms. The van der Waals surface area contributed by atoms with Crippen molar-refractivity contribution in [2.45, 2.75) is 45.1 Å². The second kappa shape index (κ2) is 5.52. The number of halogens is 1. The van der Waals surface area contributed by atoms with Crippen LogP contribution in [0.4, 0.5) is 4.39 Å². The highest BCUT2D eigenvalue weighted by molar-refractivity contribution is 4.70. The summed E-state index contributed by atoms with van der Waals surface area (Å²) >= 11 is 0. The lowest BCUT2D eigenvalue weighted by atomic mass is 10.1. The van der Waals surface area contributed by atoms with E-state index < -0.39 is 0 Å². The quantitative estimate of drug-likeness (QED) is 0.634. The molecular weight excluding hydrogens is 153 g/mol. The fourth-order valence-electron chi connectivity index (χ4n) is 1.93. The summed E-state index contributed by atoms with van der Waals surface area (Å²) in [5.74, 6) is 0. The van der Waals surface area contributed by atoms with Gasteiger partial charge in [0.25, 0.3) is 0 Å². The number of hydrogen-bond donors (Lipinski definition) is 0. The van der Waals surface area contributed by atoms with Crippen LogP contribution in [0.1, 0.15) is 39.0 Å². The second-order valence-corrected chi connectivity index (χ2v) is 3.78. The first-order chi connectivity index (χ1) is 5.84. The monoisotopic (exact) mass is 173 g/mol. The molecule has 1 unspecified atom stereocenters. The van der Waals surface area contributed by atoms with Gasteiger partial charge in [-0.3, -0.25) is 4.39 Å². The minimum Gasteiger partial charge on any atom is -0.301 e. The van der Waals surface area contributed by atoms with E-state index in [0.717, 1.165) is 6.54 Å².